The van der Waals surface area contributed by atoms with Gasteiger partial charge >= 0.3 is 6.09 Å². The van der Waals surface area contributed by atoms with Crippen molar-refractivity contribution in [2.24, 2.45) is 5.11 Å². The summed E-state index contributed by atoms with van der Waals surface area (Å²) in [5, 5.41) is 6.27. The molecule has 2 aromatic carbocycles. The van der Waals surface area contributed by atoms with Crippen molar-refractivity contribution in [3.05, 3.63) is 70.1 Å². The van der Waals surface area contributed by atoms with Gasteiger partial charge in [-0.2, -0.15) is 0 Å². The maximum atomic E-state index is 12.4. The first-order valence-corrected chi connectivity index (χ1v) is 10.5. The van der Waals surface area contributed by atoms with E-state index in [9.17, 15) is 4.79 Å². The van der Waals surface area contributed by atoms with Crippen molar-refractivity contribution in [1.82, 2.24) is 5.32 Å². The van der Waals surface area contributed by atoms with Gasteiger partial charge in [0.25, 0.3) is 0 Å². The first kappa shape index (κ1) is 23.6. The summed E-state index contributed by atoms with van der Waals surface area (Å²) in [6, 6.07) is 15.8. The van der Waals surface area contributed by atoms with Crippen LogP contribution in [0.5, 0.6) is 0 Å². The van der Waals surface area contributed by atoms with Crippen molar-refractivity contribution in [3.63, 3.8) is 0 Å². The zero-order valence-electron chi connectivity index (χ0n) is 18.1. The molecule has 9 heteroatoms. The molecule has 0 spiro atoms. The highest BCUT2D eigenvalue weighted by Gasteiger charge is 2.29. The van der Waals surface area contributed by atoms with Crippen LogP contribution in [0.2, 0.25) is 0 Å². The standard InChI is InChI=1S/C23H28N4O5/c1-29-10-11-30-12-13-31-15-17(14-25-27-24)26-23(28)32-16-22-20-8-4-2-6-18(20)19-7-3-5-9-21(19)22/h2-9,17,22H,10-16H2,1H3,(H,26,28)/t17-/m1/s1. The molecule has 9 nitrogen and oxygen atoms in total. The molecule has 0 aromatic heterocycles. The Balaban J connectivity index is 1.50. The Morgan fingerprint density at radius 1 is 1.03 bits per heavy atom. The van der Waals surface area contributed by atoms with E-state index in [-0.39, 0.29) is 25.7 Å². The molecule has 0 fully saturated rings. The number of benzene rings is 2. The van der Waals surface area contributed by atoms with Crippen LogP contribution in [-0.2, 0) is 18.9 Å². The van der Waals surface area contributed by atoms with Crippen LogP contribution >= 0.6 is 0 Å². The molecule has 0 heterocycles. The van der Waals surface area contributed by atoms with Crippen LogP contribution in [0, 0.1) is 0 Å². The summed E-state index contributed by atoms with van der Waals surface area (Å²) in [6.07, 6.45) is -0.579. The van der Waals surface area contributed by atoms with E-state index in [0.29, 0.717) is 26.4 Å². The minimum atomic E-state index is -0.579. The largest absolute Gasteiger partial charge is 0.449 e. The number of rotatable bonds is 13. The number of hydrogen-bond acceptors (Lipinski definition) is 6. The number of carbonyl (C=O) groups excluding carboxylic acids is 1. The Morgan fingerprint density at radius 3 is 2.31 bits per heavy atom. The molecule has 1 aliphatic carbocycles. The monoisotopic (exact) mass is 440 g/mol. The van der Waals surface area contributed by atoms with Gasteiger partial charge in [-0.3, -0.25) is 0 Å². The lowest BCUT2D eigenvalue weighted by atomic mass is 9.98. The van der Waals surface area contributed by atoms with Crippen LogP contribution in [0.1, 0.15) is 17.0 Å². The summed E-state index contributed by atoms with van der Waals surface area (Å²) < 4.78 is 21.3. The van der Waals surface area contributed by atoms with Crippen LogP contribution in [-0.4, -0.2) is 65.4 Å². The van der Waals surface area contributed by atoms with E-state index in [1.54, 1.807) is 7.11 Å². The molecule has 0 unspecified atom stereocenters. The molecule has 0 aliphatic heterocycles. The predicted octanol–water partition coefficient (Wildman–Crippen LogP) is 3.88. The number of alkyl carbamates (subject to hydrolysis) is 1. The number of amides is 1. The van der Waals surface area contributed by atoms with Gasteiger partial charge in [-0.25, -0.2) is 4.79 Å². The van der Waals surface area contributed by atoms with Crippen molar-refractivity contribution in [2.45, 2.75) is 12.0 Å². The Morgan fingerprint density at radius 2 is 1.66 bits per heavy atom. The average molecular weight is 441 g/mol. The second kappa shape index (κ2) is 12.7. The molecule has 0 radical (unpaired) electrons. The SMILES string of the molecule is COCCOCCOC[C@@H](CN=[N+]=[N-])NC(=O)OCC1c2ccccc2-c2ccccc21. The fourth-order valence-corrected chi connectivity index (χ4v) is 3.67. The Bertz CT molecular complexity index is 887. The van der Waals surface area contributed by atoms with Crippen LogP contribution in [0.25, 0.3) is 21.6 Å². The number of ether oxygens (including phenoxy) is 4. The molecule has 1 aliphatic rings. The molecule has 1 atom stereocenters. The number of nitrogens with zero attached hydrogens (tertiary/aromatic N) is 3. The zero-order chi connectivity index (χ0) is 22.6. The van der Waals surface area contributed by atoms with E-state index >= 15 is 0 Å². The van der Waals surface area contributed by atoms with E-state index in [1.807, 2.05) is 24.3 Å². The van der Waals surface area contributed by atoms with Crippen molar-refractivity contribution in [3.8, 4) is 11.1 Å². The molecule has 1 N–H and O–H groups in total. The van der Waals surface area contributed by atoms with Crippen LogP contribution in [0.3, 0.4) is 0 Å². The van der Waals surface area contributed by atoms with Gasteiger partial charge in [0.1, 0.15) is 6.61 Å². The lowest BCUT2D eigenvalue weighted by Crippen LogP contribution is -2.41. The van der Waals surface area contributed by atoms with E-state index in [2.05, 4.69) is 39.6 Å². The molecule has 32 heavy (non-hydrogen) atoms. The highest BCUT2D eigenvalue weighted by atomic mass is 16.6. The zero-order valence-corrected chi connectivity index (χ0v) is 18.1. The Labute approximate surface area is 187 Å². The lowest BCUT2D eigenvalue weighted by molar-refractivity contribution is 0.0196. The summed E-state index contributed by atoms with van der Waals surface area (Å²) in [5.74, 6) is -0.0239. The van der Waals surface area contributed by atoms with E-state index in [4.69, 9.17) is 24.5 Å². The summed E-state index contributed by atoms with van der Waals surface area (Å²) in [6.45, 7) is 2.21. The fourth-order valence-electron chi connectivity index (χ4n) is 3.67. The van der Waals surface area contributed by atoms with Gasteiger partial charge in [0.05, 0.1) is 39.1 Å². The summed E-state index contributed by atoms with van der Waals surface area (Å²) in [4.78, 5) is 15.2. The van der Waals surface area contributed by atoms with Gasteiger partial charge in [0.15, 0.2) is 0 Å². The minimum absolute atomic E-state index is 0.0239. The molecular formula is C23H28N4O5. The number of carbonyl (C=O) groups is 1. The molecule has 3 rings (SSSR count). The predicted molar refractivity (Wildman–Crippen MR) is 120 cm³/mol. The van der Waals surface area contributed by atoms with Crippen molar-refractivity contribution < 1.29 is 23.7 Å². The molecule has 0 bridgehead atoms. The molecular weight excluding hydrogens is 412 g/mol. The highest BCUT2D eigenvalue weighted by Crippen LogP contribution is 2.44. The molecule has 0 saturated carbocycles. The van der Waals surface area contributed by atoms with Crippen LogP contribution < -0.4 is 5.32 Å². The Kier molecular flexibility index (Phi) is 9.34. The van der Waals surface area contributed by atoms with E-state index < -0.39 is 12.1 Å². The van der Waals surface area contributed by atoms with E-state index in [1.165, 1.54) is 11.1 Å². The van der Waals surface area contributed by atoms with Crippen molar-refractivity contribution in [2.75, 3.05) is 53.3 Å². The third-order valence-electron chi connectivity index (χ3n) is 5.15. The summed E-state index contributed by atoms with van der Waals surface area (Å²) in [5.41, 5.74) is 13.2. The lowest BCUT2D eigenvalue weighted by Gasteiger charge is -2.19. The third-order valence-corrected chi connectivity index (χ3v) is 5.15. The molecule has 2 aromatic rings. The second-order valence-corrected chi connectivity index (χ2v) is 7.26. The van der Waals surface area contributed by atoms with Gasteiger partial charge in [0, 0.05) is 24.5 Å². The quantitative estimate of drug-likeness (QED) is 0.220. The second-order valence-electron chi connectivity index (χ2n) is 7.26. The molecule has 1 amide bonds. The van der Waals surface area contributed by atoms with Gasteiger partial charge in [-0.1, -0.05) is 53.6 Å². The van der Waals surface area contributed by atoms with Crippen molar-refractivity contribution >= 4 is 6.09 Å². The highest BCUT2D eigenvalue weighted by molar-refractivity contribution is 5.79. The maximum absolute atomic E-state index is 12.4. The topological polar surface area (TPSA) is 115 Å². The van der Waals surface area contributed by atoms with Crippen molar-refractivity contribution in [1.29, 1.82) is 0 Å². The number of fused-ring (bicyclic) bond motifs is 3. The van der Waals surface area contributed by atoms with Gasteiger partial charge in [-0.15, -0.1) is 0 Å². The average Bonchev–Trinajstić information content (AvgIpc) is 3.14. The minimum Gasteiger partial charge on any atom is -0.449 e. The number of methoxy groups -OCH3 is 1. The molecule has 170 valence electrons. The number of hydrogen-bond donors (Lipinski definition) is 1. The number of azide groups is 1. The normalized spacial score (nSPS) is 13.0. The fraction of sp³-hybridized carbons (Fsp3) is 0.435. The van der Waals surface area contributed by atoms with Gasteiger partial charge < -0.3 is 24.3 Å². The Hall–Kier alpha value is -3.10. The number of nitrogens with one attached hydrogen (secondary N) is 1. The smallest absolute Gasteiger partial charge is 0.407 e. The first-order chi connectivity index (χ1) is 15.7. The maximum Gasteiger partial charge on any atom is 0.407 e. The van der Waals surface area contributed by atoms with Crippen LogP contribution in [0.4, 0.5) is 4.79 Å². The third kappa shape index (κ3) is 6.45. The van der Waals surface area contributed by atoms with Gasteiger partial charge in [-0.05, 0) is 27.8 Å². The summed E-state index contributed by atoms with van der Waals surface area (Å²) in [7, 11) is 1.61. The van der Waals surface area contributed by atoms with Crippen LogP contribution in [0.15, 0.2) is 53.6 Å². The molecule has 0 saturated heterocycles. The summed E-state index contributed by atoms with van der Waals surface area (Å²) >= 11 is 0. The van der Waals surface area contributed by atoms with E-state index in [0.717, 1.165) is 11.1 Å². The first-order valence-electron chi connectivity index (χ1n) is 10.5. The van der Waals surface area contributed by atoms with Gasteiger partial charge in [0.2, 0.25) is 0 Å².